The van der Waals surface area contributed by atoms with E-state index >= 15 is 0 Å². The number of hydrogen-bond acceptors (Lipinski definition) is 6. The Hall–Kier alpha value is -4.24. The maximum atomic E-state index is 12.4. The third-order valence-corrected chi connectivity index (χ3v) is 5.64. The predicted octanol–water partition coefficient (Wildman–Crippen LogP) is 5.69. The Kier molecular flexibility index (Phi) is 7.14. The van der Waals surface area contributed by atoms with Crippen molar-refractivity contribution >= 4 is 5.97 Å². The van der Waals surface area contributed by atoms with Crippen LogP contribution in [0.4, 0.5) is 0 Å². The number of nitrogens with two attached hydrogens (primary N) is 1. The van der Waals surface area contributed by atoms with Crippen molar-refractivity contribution in [2.45, 2.75) is 32.1 Å². The van der Waals surface area contributed by atoms with Crippen LogP contribution in [-0.4, -0.2) is 12.6 Å². The summed E-state index contributed by atoms with van der Waals surface area (Å²) in [6, 6.07) is 23.7. The summed E-state index contributed by atoms with van der Waals surface area (Å²) in [6.45, 7) is 2.83. The fourth-order valence-corrected chi connectivity index (χ4v) is 3.88. The van der Waals surface area contributed by atoms with E-state index in [1.54, 1.807) is 42.5 Å². The van der Waals surface area contributed by atoms with Gasteiger partial charge < -0.3 is 19.9 Å². The number of fused-ring (bicyclic) bond motifs is 1. The fourth-order valence-electron chi connectivity index (χ4n) is 3.88. The highest BCUT2D eigenvalue weighted by molar-refractivity contribution is 5.91. The summed E-state index contributed by atoms with van der Waals surface area (Å²) in [4.78, 5) is 12.4. The van der Waals surface area contributed by atoms with Crippen molar-refractivity contribution in [3.05, 3.63) is 101 Å². The first-order valence-electron chi connectivity index (χ1n) is 11.3. The number of carbonyl (C=O) groups excluding carboxylic acids is 1. The van der Waals surface area contributed by atoms with Crippen molar-refractivity contribution < 1.29 is 19.0 Å². The molecule has 0 aliphatic carbocycles. The first kappa shape index (κ1) is 22.9. The molecule has 0 spiro atoms. The average Bonchev–Trinajstić information content (AvgIpc) is 2.86. The van der Waals surface area contributed by atoms with E-state index in [0.29, 0.717) is 29.2 Å². The second-order valence-corrected chi connectivity index (χ2v) is 8.00. The Bertz CT molecular complexity index is 1230. The summed E-state index contributed by atoms with van der Waals surface area (Å²) in [5, 5.41) is 9.78. The smallest absolute Gasteiger partial charge is 0.343 e. The zero-order valence-electron chi connectivity index (χ0n) is 19.0. The molecule has 1 aliphatic rings. The van der Waals surface area contributed by atoms with Crippen LogP contribution in [0.3, 0.4) is 0 Å². The maximum absolute atomic E-state index is 12.4. The van der Waals surface area contributed by atoms with E-state index < -0.39 is 11.9 Å². The van der Waals surface area contributed by atoms with E-state index in [0.717, 1.165) is 36.1 Å². The highest BCUT2D eigenvalue weighted by Gasteiger charge is 2.31. The molecule has 172 valence electrons. The van der Waals surface area contributed by atoms with Crippen molar-refractivity contribution in [3.63, 3.8) is 0 Å². The monoisotopic (exact) mass is 454 g/mol. The minimum atomic E-state index is -0.469. The lowest BCUT2D eigenvalue weighted by atomic mass is 9.83. The van der Waals surface area contributed by atoms with Gasteiger partial charge in [-0.2, -0.15) is 5.26 Å². The van der Waals surface area contributed by atoms with Crippen LogP contribution in [0.15, 0.2) is 84.3 Å². The molecular formula is C28H26N2O4. The molecule has 34 heavy (non-hydrogen) atoms. The van der Waals surface area contributed by atoms with Gasteiger partial charge in [-0.25, -0.2) is 4.79 Å². The molecule has 0 saturated heterocycles. The average molecular weight is 455 g/mol. The lowest BCUT2D eigenvalue weighted by Gasteiger charge is -2.26. The third kappa shape index (κ3) is 5.05. The Labute approximate surface area is 199 Å². The zero-order chi connectivity index (χ0) is 23.9. The highest BCUT2D eigenvalue weighted by Crippen LogP contribution is 2.43. The van der Waals surface area contributed by atoms with Crippen LogP contribution in [0.2, 0.25) is 0 Å². The van der Waals surface area contributed by atoms with E-state index in [9.17, 15) is 10.1 Å². The number of rotatable bonds is 8. The Morgan fingerprint density at radius 3 is 2.47 bits per heavy atom. The normalized spacial score (nSPS) is 14.5. The van der Waals surface area contributed by atoms with E-state index in [2.05, 4.69) is 13.0 Å². The van der Waals surface area contributed by atoms with Gasteiger partial charge in [-0.05, 0) is 42.3 Å². The van der Waals surface area contributed by atoms with Gasteiger partial charge in [-0.3, -0.25) is 0 Å². The lowest BCUT2D eigenvalue weighted by Crippen LogP contribution is -2.21. The van der Waals surface area contributed by atoms with Crippen LogP contribution in [0.25, 0.3) is 0 Å². The number of benzene rings is 3. The molecule has 0 amide bonds. The van der Waals surface area contributed by atoms with Gasteiger partial charge in [0.2, 0.25) is 5.88 Å². The van der Waals surface area contributed by atoms with Crippen molar-refractivity contribution in [3.8, 4) is 23.3 Å². The topological polar surface area (TPSA) is 94.6 Å². The van der Waals surface area contributed by atoms with E-state index in [1.165, 1.54) is 0 Å². The molecule has 2 N–H and O–H groups in total. The number of ether oxygens (including phenoxy) is 3. The first-order chi connectivity index (χ1) is 16.6. The van der Waals surface area contributed by atoms with Gasteiger partial charge in [-0.1, -0.05) is 56.2 Å². The molecule has 0 bridgehead atoms. The molecule has 1 heterocycles. The van der Waals surface area contributed by atoms with Gasteiger partial charge in [0.25, 0.3) is 0 Å². The Balaban J connectivity index is 1.58. The molecule has 0 fully saturated rings. The van der Waals surface area contributed by atoms with Gasteiger partial charge >= 0.3 is 5.97 Å². The van der Waals surface area contributed by atoms with Crippen LogP contribution in [0.5, 0.6) is 17.2 Å². The predicted molar refractivity (Wildman–Crippen MR) is 129 cm³/mol. The fraction of sp³-hybridized carbons (Fsp3) is 0.214. The largest absolute Gasteiger partial charge is 0.494 e. The minimum absolute atomic E-state index is 0.0337. The second-order valence-electron chi connectivity index (χ2n) is 8.00. The molecule has 0 saturated carbocycles. The van der Waals surface area contributed by atoms with E-state index in [4.69, 9.17) is 19.9 Å². The maximum Gasteiger partial charge on any atom is 0.343 e. The van der Waals surface area contributed by atoms with Gasteiger partial charge in [0.1, 0.15) is 28.9 Å². The molecule has 4 rings (SSSR count). The van der Waals surface area contributed by atoms with Crippen molar-refractivity contribution in [2.24, 2.45) is 5.73 Å². The molecule has 1 aliphatic heterocycles. The van der Waals surface area contributed by atoms with Crippen molar-refractivity contribution in [1.29, 1.82) is 5.26 Å². The van der Waals surface area contributed by atoms with Gasteiger partial charge in [0, 0.05) is 11.6 Å². The molecular weight excluding hydrogens is 428 g/mol. The molecule has 6 nitrogen and oxygen atoms in total. The zero-order valence-corrected chi connectivity index (χ0v) is 19.0. The van der Waals surface area contributed by atoms with E-state index in [-0.39, 0.29) is 5.88 Å². The standard InChI is InChI=1S/C28H26N2O4/c1-2-3-7-16-32-21-12-10-19(11-13-21)26-23-15-14-22(17-25(23)34-27(30)24(26)18-29)33-28(31)20-8-5-4-6-9-20/h4-6,8-15,17,26H,2-3,7,16,30H2,1H3. The Morgan fingerprint density at radius 1 is 1.03 bits per heavy atom. The number of unbranched alkanes of at least 4 members (excludes halogenated alkanes) is 2. The third-order valence-electron chi connectivity index (χ3n) is 5.64. The number of carbonyl (C=O) groups is 1. The highest BCUT2D eigenvalue weighted by atomic mass is 16.5. The first-order valence-corrected chi connectivity index (χ1v) is 11.3. The van der Waals surface area contributed by atoms with Gasteiger partial charge in [0.05, 0.1) is 18.1 Å². The molecule has 6 heteroatoms. The van der Waals surface area contributed by atoms with Crippen LogP contribution in [0.1, 0.15) is 53.6 Å². The summed E-state index contributed by atoms with van der Waals surface area (Å²) in [6.07, 6.45) is 3.29. The lowest BCUT2D eigenvalue weighted by molar-refractivity contribution is 0.0734. The quantitative estimate of drug-likeness (QED) is 0.267. The van der Waals surface area contributed by atoms with Crippen molar-refractivity contribution in [2.75, 3.05) is 6.61 Å². The number of esters is 1. The van der Waals surface area contributed by atoms with Crippen LogP contribution in [0, 0.1) is 11.3 Å². The molecule has 0 radical (unpaired) electrons. The summed E-state index contributed by atoms with van der Waals surface area (Å²) >= 11 is 0. The van der Waals surface area contributed by atoms with Crippen LogP contribution < -0.4 is 19.9 Å². The molecule has 1 unspecified atom stereocenters. The van der Waals surface area contributed by atoms with Gasteiger partial charge in [-0.15, -0.1) is 0 Å². The molecule has 0 aromatic heterocycles. The van der Waals surface area contributed by atoms with Crippen LogP contribution in [-0.2, 0) is 0 Å². The molecule has 3 aromatic carbocycles. The number of allylic oxidation sites excluding steroid dienone is 1. The molecule has 1 atom stereocenters. The SMILES string of the molecule is CCCCCOc1ccc(C2C(C#N)=C(N)Oc3cc(OC(=O)c4ccccc4)ccc32)cc1. The number of nitrogens with zero attached hydrogens (tertiary/aromatic N) is 1. The second kappa shape index (κ2) is 10.6. The van der Waals surface area contributed by atoms with Crippen molar-refractivity contribution in [1.82, 2.24) is 0 Å². The van der Waals surface area contributed by atoms with Gasteiger partial charge in [0.15, 0.2) is 0 Å². The van der Waals surface area contributed by atoms with E-state index in [1.807, 2.05) is 30.3 Å². The minimum Gasteiger partial charge on any atom is -0.494 e. The summed E-state index contributed by atoms with van der Waals surface area (Å²) in [7, 11) is 0. The van der Waals surface area contributed by atoms with Crippen LogP contribution >= 0.6 is 0 Å². The number of hydrogen-bond donors (Lipinski definition) is 1. The Morgan fingerprint density at radius 2 is 1.76 bits per heavy atom. The summed E-state index contributed by atoms with van der Waals surface area (Å²) < 4.78 is 17.1. The molecule has 3 aromatic rings. The summed E-state index contributed by atoms with van der Waals surface area (Å²) in [5.41, 5.74) is 8.53. The number of nitriles is 1. The summed E-state index contributed by atoms with van der Waals surface area (Å²) in [5.74, 6) is 0.720.